The van der Waals surface area contributed by atoms with E-state index in [0.717, 1.165) is 16.2 Å². The zero-order chi connectivity index (χ0) is 22.1. The van der Waals surface area contributed by atoms with Gasteiger partial charge in [0.25, 0.3) is 5.56 Å². The van der Waals surface area contributed by atoms with E-state index in [1.165, 1.54) is 10.7 Å². The van der Waals surface area contributed by atoms with Gasteiger partial charge in [-0.1, -0.05) is 19.1 Å². The molecular formula is C23H19N5O3S. The maximum Gasteiger partial charge on any atom is 0.266 e. The molecule has 0 radical (unpaired) electrons. The second kappa shape index (κ2) is 8.27. The number of carbonyl (C=O) groups excluding carboxylic acids is 1. The number of amides is 1. The zero-order valence-corrected chi connectivity index (χ0v) is 18.0. The Morgan fingerprint density at radius 1 is 1.16 bits per heavy atom. The van der Waals surface area contributed by atoms with Crippen LogP contribution in [0.1, 0.15) is 6.92 Å². The molecule has 0 aliphatic rings. The van der Waals surface area contributed by atoms with Crippen molar-refractivity contribution in [3.8, 4) is 22.7 Å². The number of carbonyl (C=O) groups is 1. The molecular weight excluding hydrogens is 426 g/mol. The Kier molecular flexibility index (Phi) is 5.16. The molecule has 4 aromatic heterocycles. The Morgan fingerprint density at radius 2 is 2.00 bits per heavy atom. The van der Waals surface area contributed by atoms with E-state index in [4.69, 9.17) is 4.42 Å². The Morgan fingerprint density at radius 3 is 2.75 bits per heavy atom. The van der Waals surface area contributed by atoms with Crippen LogP contribution in [0, 0.1) is 5.92 Å². The van der Waals surface area contributed by atoms with Crippen LogP contribution in [0.5, 0.6) is 0 Å². The highest BCUT2D eigenvalue weighted by Crippen LogP contribution is 2.23. The van der Waals surface area contributed by atoms with Crippen molar-refractivity contribution in [1.29, 1.82) is 0 Å². The lowest BCUT2D eigenvalue weighted by Crippen LogP contribution is -2.31. The number of nitrogens with zero attached hydrogens (tertiary/aromatic N) is 4. The van der Waals surface area contributed by atoms with Crippen LogP contribution in [0.25, 0.3) is 27.7 Å². The van der Waals surface area contributed by atoms with Crippen LogP contribution in [0.3, 0.4) is 0 Å². The Labute approximate surface area is 186 Å². The first kappa shape index (κ1) is 20.0. The number of thiazole rings is 1. The van der Waals surface area contributed by atoms with Crippen molar-refractivity contribution in [1.82, 2.24) is 19.2 Å². The number of hydrogen-bond donors (Lipinski definition) is 1. The fraction of sp³-hybridized carbons (Fsp3) is 0.130. The number of rotatable bonds is 6. The van der Waals surface area contributed by atoms with Crippen LogP contribution in [0.4, 0.5) is 5.69 Å². The van der Waals surface area contributed by atoms with Gasteiger partial charge in [-0.2, -0.15) is 5.10 Å². The first-order valence-electron chi connectivity index (χ1n) is 10.0. The smallest absolute Gasteiger partial charge is 0.266 e. The SMILES string of the molecule is C[C@H](Cn1nc(-c2ccco2)ccc1=O)C(=O)Nc1ccc(-c2cn3ccsc3n2)cc1. The number of imidazole rings is 1. The molecule has 0 saturated heterocycles. The predicted molar refractivity (Wildman–Crippen MR) is 122 cm³/mol. The summed E-state index contributed by atoms with van der Waals surface area (Å²) < 4.78 is 8.61. The summed E-state index contributed by atoms with van der Waals surface area (Å²) in [6, 6.07) is 14.1. The van der Waals surface area contributed by atoms with Crippen molar-refractivity contribution >= 4 is 27.9 Å². The Balaban J connectivity index is 1.26. The molecule has 0 aliphatic heterocycles. The molecule has 0 unspecified atom stereocenters. The molecule has 0 spiro atoms. The van der Waals surface area contributed by atoms with Crippen LogP contribution >= 0.6 is 11.3 Å². The van der Waals surface area contributed by atoms with Crippen LogP contribution in [0.15, 0.2) is 81.8 Å². The van der Waals surface area contributed by atoms with E-state index in [1.807, 2.05) is 46.4 Å². The van der Waals surface area contributed by atoms with E-state index < -0.39 is 5.92 Å². The maximum atomic E-state index is 12.7. The van der Waals surface area contributed by atoms with Crippen molar-refractivity contribution in [2.24, 2.45) is 5.92 Å². The molecule has 1 atom stereocenters. The van der Waals surface area contributed by atoms with Gasteiger partial charge < -0.3 is 9.73 Å². The highest BCUT2D eigenvalue weighted by molar-refractivity contribution is 7.15. The van der Waals surface area contributed by atoms with Crippen molar-refractivity contribution in [2.45, 2.75) is 13.5 Å². The molecule has 5 rings (SSSR count). The lowest BCUT2D eigenvalue weighted by molar-refractivity contribution is -0.119. The molecule has 32 heavy (non-hydrogen) atoms. The van der Waals surface area contributed by atoms with Gasteiger partial charge in [0.15, 0.2) is 10.7 Å². The van der Waals surface area contributed by atoms with Crippen LogP contribution in [0.2, 0.25) is 0 Å². The number of furan rings is 1. The van der Waals surface area contributed by atoms with Crippen molar-refractivity contribution < 1.29 is 9.21 Å². The average molecular weight is 446 g/mol. The van der Waals surface area contributed by atoms with Crippen molar-refractivity contribution in [3.63, 3.8) is 0 Å². The topological polar surface area (TPSA) is 94.4 Å². The van der Waals surface area contributed by atoms with Gasteiger partial charge in [-0.25, -0.2) is 9.67 Å². The van der Waals surface area contributed by atoms with Crippen molar-refractivity contribution in [2.75, 3.05) is 5.32 Å². The molecule has 9 heteroatoms. The van der Waals surface area contributed by atoms with Crippen LogP contribution in [-0.4, -0.2) is 25.1 Å². The summed E-state index contributed by atoms with van der Waals surface area (Å²) in [7, 11) is 0. The minimum absolute atomic E-state index is 0.155. The summed E-state index contributed by atoms with van der Waals surface area (Å²) in [5.41, 5.74) is 2.79. The van der Waals surface area contributed by atoms with Gasteiger partial charge in [-0.3, -0.25) is 14.0 Å². The summed E-state index contributed by atoms with van der Waals surface area (Å²) >= 11 is 1.58. The Hall–Kier alpha value is -3.98. The summed E-state index contributed by atoms with van der Waals surface area (Å²) in [6.45, 7) is 1.91. The largest absolute Gasteiger partial charge is 0.463 e. The highest BCUT2D eigenvalue weighted by atomic mass is 32.1. The predicted octanol–water partition coefficient (Wildman–Crippen LogP) is 4.15. The van der Waals surface area contributed by atoms with Gasteiger partial charge in [-0.15, -0.1) is 11.3 Å². The van der Waals surface area contributed by atoms with Gasteiger partial charge in [-0.05, 0) is 30.3 Å². The van der Waals surface area contributed by atoms with Crippen LogP contribution in [-0.2, 0) is 11.3 Å². The molecule has 5 aromatic rings. The number of nitrogens with one attached hydrogen (secondary N) is 1. The maximum absolute atomic E-state index is 12.7. The summed E-state index contributed by atoms with van der Waals surface area (Å²) in [4.78, 5) is 30.4. The molecule has 1 amide bonds. The molecule has 1 aromatic carbocycles. The van der Waals surface area contributed by atoms with Crippen molar-refractivity contribution in [3.05, 3.63) is 82.9 Å². The molecule has 160 valence electrons. The van der Waals surface area contributed by atoms with E-state index in [-0.39, 0.29) is 18.0 Å². The van der Waals surface area contributed by atoms with Gasteiger partial charge in [0.05, 0.1) is 24.4 Å². The second-order valence-corrected chi connectivity index (χ2v) is 8.28. The molecule has 0 aliphatic carbocycles. The zero-order valence-electron chi connectivity index (χ0n) is 17.1. The van der Waals surface area contributed by atoms with E-state index in [0.29, 0.717) is 17.1 Å². The first-order chi connectivity index (χ1) is 15.6. The van der Waals surface area contributed by atoms with Gasteiger partial charge in [0.1, 0.15) is 5.69 Å². The minimum atomic E-state index is -0.466. The molecule has 8 nitrogen and oxygen atoms in total. The third kappa shape index (κ3) is 3.97. The normalized spacial score (nSPS) is 12.2. The average Bonchev–Trinajstić information content (AvgIpc) is 3.54. The molecule has 1 N–H and O–H groups in total. The number of benzene rings is 1. The molecule has 0 saturated carbocycles. The first-order valence-corrected chi connectivity index (χ1v) is 10.9. The van der Waals surface area contributed by atoms with E-state index >= 15 is 0 Å². The summed E-state index contributed by atoms with van der Waals surface area (Å²) in [6.07, 6.45) is 5.49. The summed E-state index contributed by atoms with van der Waals surface area (Å²) in [5.74, 6) is -0.0995. The van der Waals surface area contributed by atoms with Gasteiger partial charge in [0.2, 0.25) is 5.91 Å². The monoisotopic (exact) mass is 445 g/mol. The number of aromatic nitrogens is 4. The lowest BCUT2D eigenvalue weighted by Gasteiger charge is -2.14. The number of fused-ring (bicyclic) bond motifs is 1. The third-order valence-electron chi connectivity index (χ3n) is 5.08. The highest BCUT2D eigenvalue weighted by Gasteiger charge is 2.16. The van der Waals surface area contributed by atoms with Gasteiger partial charge in [0, 0.05) is 35.1 Å². The molecule has 0 bridgehead atoms. The standard InChI is InChI=1S/C23H19N5O3S/c1-15(13-28-21(29)9-8-18(26-28)20-3-2-11-31-20)22(30)24-17-6-4-16(5-7-17)19-14-27-10-12-32-23(27)25-19/h2-12,14-15H,13H2,1H3,(H,24,30)/t15-/m1/s1. The summed E-state index contributed by atoms with van der Waals surface area (Å²) in [5, 5.41) is 9.21. The quantitative estimate of drug-likeness (QED) is 0.424. The minimum Gasteiger partial charge on any atom is -0.463 e. The van der Waals surface area contributed by atoms with Crippen LogP contribution < -0.4 is 10.9 Å². The van der Waals surface area contributed by atoms with E-state index in [9.17, 15) is 9.59 Å². The molecule has 0 fully saturated rings. The van der Waals surface area contributed by atoms with Gasteiger partial charge >= 0.3 is 0 Å². The fourth-order valence-electron chi connectivity index (χ4n) is 3.33. The fourth-order valence-corrected chi connectivity index (χ4v) is 4.03. The lowest BCUT2D eigenvalue weighted by atomic mass is 10.1. The Bertz CT molecular complexity index is 1400. The number of anilines is 1. The molecule has 4 heterocycles. The van der Waals surface area contributed by atoms with E-state index in [1.54, 1.807) is 42.7 Å². The van der Waals surface area contributed by atoms with E-state index in [2.05, 4.69) is 15.4 Å². The second-order valence-electron chi connectivity index (χ2n) is 7.40. The third-order valence-corrected chi connectivity index (χ3v) is 5.85. The number of hydrogen-bond acceptors (Lipinski definition) is 6.